The highest BCUT2D eigenvalue weighted by Gasteiger charge is 2.36. The van der Waals surface area contributed by atoms with E-state index in [1.165, 1.54) is 6.20 Å². The van der Waals surface area contributed by atoms with Gasteiger partial charge in [0.1, 0.15) is 5.82 Å². The van der Waals surface area contributed by atoms with E-state index in [0.717, 1.165) is 23.6 Å². The van der Waals surface area contributed by atoms with Crippen LogP contribution in [0.1, 0.15) is 50.0 Å². The van der Waals surface area contributed by atoms with Crippen molar-refractivity contribution in [1.82, 2.24) is 9.97 Å². The SMILES string of the molecule is CC(C)(C)CN(CC(C)(C)O)c1cc(C(F)(F)F)c(-c2cnc(C(N)=O)s2)cn1. The van der Waals surface area contributed by atoms with Gasteiger partial charge in [-0.25, -0.2) is 9.97 Å². The van der Waals surface area contributed by atoms with Crippen molar-refractivity contribution in [2.24, 2.45) is 11.1 Å². The molecule has 0 radical (unpaired) electrons. The van der Waals surface area contributed by atoms with Crippen LogP contribution < -0.4 is 10.6 Å². The maximum absolute atomic E-state index is 13.8. The van der Waals surface area contributed by atoms with Gasteiger partial charge in [0.05, 0.1) is 16.0 Å². The topological polar surface area (TPSA) is 92.3 Å². The second-order valence-electron chi connectivity index (χ2n) is 8.71. The summed E-state index contributed by atoms with van der Waals surface area (Å²) < 4.78 is 41.4. The van der Waals surface area contributed by atoms with Gasteiger partial charge in [0.2, 0.25) is 0 Å². The summed E-state index contributed by atoms with van der Waals surface area (Å²) in [4.78, 5) is 21.0. The second kappa shape index (κ2) is 7.91. The number of alkyl halides is 3. The number of hydrogen-bond acceptors (Lipinski definition) is 6. The van der Waals surface area contributed by atoms with Crippen molar-refractivity contribution in [2.45, 2.75) is 46.4 Å². The van der Waals surface area contributed by atoms with Crippen LogP contribution in [0.3, 0.4) is 0 Å². The fraction of sp³-hybridized carbons (Fsp3) is 0.526. The summed E-state index contributed by atoms with van der Waals surface area (Å²) in [5, 5.41) is 10.1. The van der Waals surface area contributed by atoms with Gasteiger partial charge in [0.15, 0.2) is 5.01 Å². The zero-order chi connectivity index (χ0) is 22.2. The van der Waals surface area contributed by atoms with Crippen LogP contribution in [0.4, 0.5) is 19.0 Å². The van der Waals surface area contributed by atoms with Crippen LogP contribution in [0.5, 0.6) is 0 Å². The van der Waals surface area contributed by atoms with Gasteiger partial charge in [-0.2, -0.15) is 13.2 Å². The number of nitrogens with zero attached hydrogens (tertiary/aromatic N) is 3. The number of anilines is 1. The maximum atomic E-state index is 13.8. The van der Waals surface area contributed by atoms with Crippen molar-refractivity contribution in [2.75, 3.05) is 18.0 Å². The minimum absolute atomic E-state index is 0.0754. The number of aromatic nitrogens is 2. The molecule has 0 aliphatic heterocycles. The van der Waals surface area contributed by atoms with E-state index >= 15 is 0 Å². The molecule has 0 aromatic carbocycles. The Morgan fingerprint density at radius 2 is 1.76 bits per heavy atom. The number of pyridine rings is 1. The average Bonchev–Trinajstić information content (AvgIpc) is 3.00. The molecule has 0 atom stereocenters. The van der Waals surface area contributed by atoms with Gasteiger partial charge >= 0.3 is 6.18 Å². The van der Waals surface area contributed by atoms with Crippen molar-refractivity contribution < 1.29 is 23.1 Å². The van der Waals surface area contributed by atoms with E-state index in [4.69, 9.17) is 5.73 Å². The standard InChI is InChI=1S/C19H25F3N4O2S/c1-17(2,3)9-26(10-18(4,5)28)14-6-12(19(20,21)22)11(7-24-14)13-8-25-16(29-13)15(23)27/h6-8,28H,9-10H2,1-5H3,(H2,23,27). The molecule has 0 saturated heterocycles. The average molecular weight is 430 g/mol. The number of carbonyl (C=O) groups excluding carboxylic acids is 1. The van der Waals surface area contributed by atoms with E-state index < -0.39 is 23.2 Å². The molecule has 10 heteroatoms. The lowest BCUT2D eigenvalue weighted by atomic mass is 9.95. The van der Waals surface area contributed by atoms with E-state index in [1.54, 1.807) is 18.7 Å². The van der Waals surface area contributed by atoms with Crippen LogP contribution in [0, 0.1) is 5.41 Å². The fourth-order valence-corrected chi connectivity index (χ4v) is 3.61. The number of thiazole rings is 1. The van der Waals surface area contributed by atoms with Crippen LogP contribution in [0.15, 0.2) is 18.5 Å². The maximum Gasteiger partial charge on any atom is 0.417 e. The molecule has 0 bridgehead atoms. The molecule has 0 saturated carbocycles. The van der Waals surface area contributed by atoms with Gasteiger partial charge in [-0.15, -0.1) is 11.3 Å². The lowest BCUT2D eigenvalue weighted by Crippen LogP contribution is -2.43. The van der Waals surface area contributed by atoms with Gasteiger partial charge < -0.3 is 15.7 Å². The Hall–Kier alpha value is -2.20. The molecule has 29 heavy (non-hydrogen) atoms. The molecule has 160 valence electrons. The monoisotopic (exact) mass is 430 g/mol. The molecule has 2 rings (SSSR count). The third kappa shape index (κ3) is 6.40. The van der Waals surface area contributed by atoms with Crippen molar-refractivity contribution >= 4 is 23.1 Å². The Morgan fingerprint density at radius 3 is 2.21 bits per heavy atom. The minimum atomic E-state index is -4.65. The lowest BCUT2D eigenvalue weighted by Gasteiger charge is -2.35. The quantitative estimate of drug-likeness (QED) is 0.724. The largest absolute Gasteiger partial charge is 0.417 e. The van der Waals surface area contributed by atoms with E-state index in [2.05, 4.69) is 9.97 Å². The number of amides is 1. The summed E-state index contributed by atoms with van der Waals surface area (Å²) in [6.07, 6.45) is -2.34. The first-order chi connectivity index (χ1) is 13.1. The summed E-state index contributed by atoms with van der Waals surface area (Å²) in [7, 11) is 0. The van der Waals surface area contributed by atoms with Gasteiger partial charge in [-0.3, -0.25) is 4.79 Å². The molecule has 0 fully saturated rings. The molecule has 0 aliphatic carbocycles. The van der Waals surface area contributed by atoms with Gasteiger partial charge in [0, 0.05) is 31.0 Å². The number of hydrogen-bond donors (Lipinski definition) is 2. The molecular weight excluding hydrogens is 405 g/mol. The van der Waals surface area contributed by atoms with Crippen molar-refractivity contribution in [1.29, 1.82) is 0 Å². The van der Waals surface area contributed by atoms with Crippen molar-refractivity contribution in [3.63, 3.8) is 0 Å². The lowest BCUT2D eigenvalue weighted by molar-refractivity contribution is -0.137. The fourth-order valence-electron chi connectivity index (χ4n) is 2.82. The highest BCUT2D eigenvalue weighted by molar-refractivity contribution is 7.17. The summed E-state index contributed by atoms with van der Waals surface area (Å²) >= 11 is 0.779. The predicted octanol–water partition coefficient (Wildman–Crippen LogP) is 3.95. The minimum Gasteiger partial charge on any atom is -0.389 e. The third-order valence-electron chi connectivity index (χ3n) is 3.74. The van der Waals surface area contributed by atoms with Gasteiger partial charge in [-0.05, 0) is 25.3 Å². The Labute approximate surface area is 171 Å². The van der Waals surface area contributed by atoms with Crippen molar-refractivity contribution in [3.05, 3.63) is 29.0 Å². The summed E-state index contributed by atoms with van der Waals surface area (Å²) in [6.45, 7) is 9.53. The van der Waals surface area contributed by atoms with Crippen molar-refractivity contribution in [3.8, 4) is 10.4 Å². The van der Waals surface area contributed by atoms with Crippen LogP contribution in [-0.4, -0.2) is 39.7 Å². The highest BCUT2D eigenvalue weighted by atomic mass is 32.1. The van der Waals surface area contributed by atoms with Crippen LogP contribution in [-0.2, 0) is 6.18 Å². The number of halogens is 3. The Kier molecular flexibility index (Phi) is 6.29. The number of carbonyl (C=O) groups is 1. The molecule has 6 nitrogen and oxygen atoms in total. The summed E-state index contributed by atoms with van der Waals surface area (Å²) in [5.41, 5.74) is 2.72. The molecule has 2 aromatic heterocycles. The smallest absolute Gasteiger partial charge is 0.389 e. The third-order valence-corrected chi connectivity index (χ3v) is 4.79. The highest BCUT2D eigenvalue weighted by Crippen LogP contribution is 2.40. The number of aliphatic hydroxyl groups is 1. The predicted molar refractivity (Wildman–Crippen MR) is 107 cm³/mol. The zero-order valence-electron chi connectivity index (χ0n) is 17.0. The molecule has 0 spiro atoms. The molecule has 0 aliphatic rings. The number of primary amides is 1. The first kappa shape index (κ1) is 23.1. The molecule has 2 heterocycles. The van der Waals surface area contributed by atoms with E-state index in [-0.39, 0.29) is 33.2 Å². The second-order valence-corrected chi connectivity index (χ2v) is 9.74. The molecular formula is C19H25F3N4O2S. The van der Waals surface area contributed by atoms with Gasteiger partial charge in [-0.1, -0.05) is 20.8 Å². The van der Waals surface area contributed by atoms with Crippen LogP contribution in [0.25, 0.3) is 10.4 Å². The molecule has 0 unspecified atom stereocenters. The van der Waals surface area contributed by atoms with Crippen LogP contribution >= 0.6 is 11.3 Å². The Morgan fingerprint density at radius 1 is 1.14 bits per heavy atom. The Bertz CT molecular complexity index is 867. The summed E-state index contributed by atoms with van der Waals surface area (Å²) in [6, 6.07) is 0.969. The number of rotatable bonds is 6. The normalized spacial score (nSPS) is 12.9. The molecule has 2 aromatic rings. The van der Waals surface area contributed by atoms with E-state index in [9.17, 15) is 23.1 Å². The van der Waals surface area contributed by atoms with Gasteiger partial charge in [0.25, 0.3) is 5.91 Å². The first-order valence-electron chi connectivity index (χ1n) is 8.87. The zero-order valence-corrected chi connectivity index (χ0v) is 17.8. The number of nitrogens with two attached hydrogens (primary N) is 1. The Balaban J connectivity index is 2.57. The first-order valence-corrected chi connectivity index (χ1v) is 9.69. The van der Waals surface area contributed by atoms with Crippen LogP contribution in [0.2, 0.25) is 0 Å². The molecule has 1 amide bonds. The molecule has 3 N–H and O–H groups in total. The van der Waals surface area contributed by atoms with E-state index in [0.29, 0.717) is 6.54 Å². The summed E-state index contributed by atoms with van der Waals surface area (Å²) in [5.74, 6) is -0.696. The van der Waals surface area contributed by atoms with E-state index in [1.807, 2.05) is 20.8 Å².